The molecule has 0 saturated carbocycles. The number of halogens is 2. The number of carboxylic acids is 1. The van der Waals surface area contributed by atoms with Crippen LogP contribution in [0, 0.1) is 0 Å². The number of rotatable bonds is 3. The van der Waals surface area contributed by atoms with Crippen molar-refractivity contribution < 1.29 is 19.8 Å². The van der Waals surface area contributed by atoms with Crippen LogP contribution in [-0.2, 0) is 0 Å². The van der Waals surface area contributed by atoms with Gasteiger partial charge >= 0.3 is 5.97 Å². The first-order valence-corrected chi connectivity index (χ1v) is 6.47. The van der Waals surface area contributed by atoms with Crippen molar-refractivity contribution in [3.63, 3.8) is 0 Å². The molecule has 5 nitrogen and oxygen atoms in total. The molecule has 3 N–H and O–H groups in total. The number of aromatic carboxylic acids is 1. The maximum absolute atomic E-state index is 12.1. The summed E-state index contributed by atoms with van der Waals surface area (Å²) in [5.41, 5.74) is -0.0728. The molecule has 0 bridgehead atoms. The summed E-state index contributed by atoms with van der Waals surface area (Å²) in [5, 5.41) is 21.1. The topological polar surface area (TPSA) is 86.6 Å². The smallest absolute Gasteiger partial charge is 0.337 e. The summed E-state index contributed by atoms with van der Waals surface area (Å²) in [5.74, 6) is -2.10. The molecule has 0 radical (unpaired) electrons. The molecule has 2 rings (SSSR count). The van der Waals surface area contributed by atoms with Crippen LogP contribution in [-0.4, -0.2) is 22.1 Å². The number of hydrogen-bond acceptors (Lipinski definition) is 3. The number of phenols is 1. The van der Waals surface area contributed by atoms with E-state index >= 15 is 0 Å². The van der Waals surface area contributed by atoms with E-state index in [1.165, 1.54) is 24.3 Å². The normalized spacial score (nSPS) is 10.2. The molecule has 0 fully saturated rings. The fraction of sp³-hybridized carbons (Fsp3) is 0. The Morgan fingerprint density at radius 1 is 1.05 bits per heavy atom. The first-order valence-electron chi connectivity index (χ1n) is 5.72. The average molecular weight is 326 g/mol. The van der Waals surface area contributed by atoms with Crippen LogP contribution in [0.2, 0.25) is 10.0 Å². The van der Waals surface area contributed by atoms with Gasteiger partial charge in [0.15, 0.2) is 0 Å². The van der Waals surface area contributed by atoms with Gasteiger partial charge in [-0.15, -0.1) is 0 Å². The predicted molar refractivity (Wildman–Crippen MR) is 79.5 cm³/mol. The van der Waals surface area contributed by atoms with E-state index in [0.29, 0.717) is 0 Å². The zero-order valence-electron chi connectivity index (χ0n) is 10.4. The first kappa shape index (κ1) is 15.2. The molecule has 7 heteroatoms. The lowest BCUT2D eigenvalue weighted by atomic mass is 10.1. The summed E-state index contributed by atoms with van der Waals surface area (Å²) in [6.45, 7) is 0. The lowest BCUT2D eigenvalue weighted by Crippen LogP contribution is -2.15. The zero-order valence-corrected chi connectivity index (χ0v) is 11.9. The van der Waals surface area contributed by atoms with Gasteiger partial charge in [-0.3, -0.25) is 4.79 Å². The molecule has 2 aromatic rings. The number of anilines is 1. The van der Waals surface area contributed by atoms with Crippen molar-refractivity contribution in [2.45, 2.75) is 0 Å². The minimum absolute atomic E-state index is 0.0429. The average Bonchev–Trinajstić information content (AvgIpc) is 2.43. The monoisotopic (exact) mass is 325 g/mol. The van der Waals surface area contributed by atoms with Gasteiger partial charge in [-0.1, -0.05) is 29.3 Å². The molecular formula is C14H9Cl2NO4. The molecule has 2 aromatic carbocycles. The van der Waals surface area contributed by atoms with Crippen LogP contribution in [0.1, 0.15) is 20.7 Å². The fourth-order valence-corrected chi connectivity index (χ4v) is 2.07. The number of amides is 1. The Balaban J connectivity index is 2.36. The second kappa shape index (κ2) is 6.03. The third-order valence-electron chi connectivity index (χ3n) is 2.68. The van der Waals surface area contributed by atoms with Crippen LogP contribution in [0.4, 0.5) is 5.69 Å². The largest absolute Gasteiger partial charge is 0.508 e. The number of carboxylic acid groups (broad SMARTS) is 1. The third kappa shape index (κ3) is 3.26. The molecule has 0 atom stereocenters. The van der Waals surface area contributed by atoms with Crippen LogP contribution >= 0.6 is 23.2 Å². The maximum atomic E-state index is 12.1. The highest BCUT2D eigenvalue weighted by Crippen LogP contribution is 2.27. The Kier molecular flexibility index (Phi) is 4.35. The van der Waals surface area contributed by atoms with Crippen molar-refractivity contribution in [3.05, 3.63) is 57.6 Å². The van der Waals surface area contributed by atoms with Gasteiger partial charge in [-0.2, -0.15) is 0 Å². The van der Waals surface area contributed by atoms with Crippen molar-refractivity contribution in [2.75, 3.05) is 5.32 Å². The summed E-state index contributed by atoms with van der Waals surface area (Å²) in [4.78, 5) is 23.2. The molecule has 0 unspecified atom stereocenters. The first-order chi connectivity index (χ1) is 9.90. The van der Waals surface area contributed by atoms with E-state index < -0.39 is 11.9 Å². The number of carbonyl (C=O) groups excluding carboxylic acids is 1. The lowest BCUT2D eigenvalue weighted by Gasteiger charge is -2.10. The molecule has 0 spiro atoms. The van der Waals surface area contributed by atoms with Gasteiger partial charge < -0.3 is 15.5 Å². The van der Waals surface area contributed by atoms with Gasteiger partial charge in [0.1, 0.15) is 5.75 Å². The minimum atomic E-state index is -1.28. The van der Waals surface area contributed by atoms with E-state index in [-0.39, 0.29) is 32.6 Å². The Hall–Kier alpha value is -2.24. The SMILES string of the molecule is O=C(O)c1cc(O)ccc1NC(=O)c1cccc(Cl)c1Cl. The van der Waals surface area contributed by atoms with Gasteiger partial charge in [-0.05, 0) is 30.3 Å². The van der Waals surface area contributed by atoms with Crippen molar-refractivity contribution >= 4 is 40.8 Å². The summed E-state index contributed by atoms with van der Waals surface area (Å²) < 4.78 is 0. The van der Waals surface area contributed by atoms with E-state index in [4.69, 9.17) is 28.3 Å². The van der Waals surface area contributed by atoms with E-state index in [0.717, 1.165) is 6.07 Å². The summed E-state index contributed by atoms with van der Waals surface area (Å²) in [6.07, 6.45) is 0. The highest BCUT2D eigenvalue weighted by molar-refractivity contribution is 6.44. The van der Waals surface area contributed by atoms with Gasteiger partial charge in [0, 0.05) is 0 Å². The van der Waals surface area contributed by atoms with E-state index in [2.05, 4.69) is 5.32 Å². The molecule has 0 aliphatic carbocycles. The van der Waals surface area contributed by atoms with Crippen LogP contribution < -0.4 is 5.32 Å². The van der Waals surface area contributed by atoms with Crippen LogP contribution in [0.3, 0.4) is 0 Å². The van der Waals surface area contributed by atoms with Crippen molar-refractivity contribution in [3.8, 4) is 5.75 Å². The second-order valence-corrected chi connectivity index (χ2v) is 4.88. The molecule has 0 saturated heterocycles. The summed E-state index contributed by atoms with van der Waals surface area (Å²) in [7, 11) is 0. The summed E-state index contributed by atoms with van der Waals surface area (Å²) in [6, 6.07) is 8.14. The van der Waals surface area contributed by atoms with Crippen LogP contribution in [0.25, 0.3) is 0 Å². The lowest BCUT2D eigenvalue weighted by molar-refractivity contribution is 0.0697. The number of phenolic OH excluding ortho intramolecular Hbond substituents is 1. The third-order valence-corrected chi connectivity index (χ3v) is 3.50. The predicted octanol–water partition coefficient (Wildman–Crippen LogP) is 3.65. The molecule has 108 valence electrons. The molecule has 0 aliphatic rings. The Morgan fingerprint density at radius 3 is 2.43 bits per heavy atom. The molecule has 21 heavy (non-hydrogen) atoms. The van der Waals surface area contributed by atoms with Crippen molar-refractivity contribution in [2.24, 2.45) is 0 Å². The van der Waals surface area contributed by atoms with Gasteiger partial charge in [-0.25, -0.2) is 4.79 Å². The zero-order chi connectivity index (χ0) is 15.6. The van der Waals surface area contributed by atoms with Crippen LogP contribution in [0.15, 0.2) is 36.4 Å². The standard InChI is InChI=1S/C14H9Cl2NO4/c15-10-3-1-2-8(12(10)16)13(19)17-11-5-4-7(18)6-9(11)14(20)21/h1-6,18H,(H,17,19)(H,20,21). The Labute approximate surface area is 129 Å². The van der Waals surface area contributed by atoms with Crippen molar-refractivity contribution in [1.82, 2.24) is 0 Å². The number of aromatic hydroxyl groups is 1. The number of benzene rings is 2. The Bertz CT molecular complexity index is 731. The number of hydrogen-bond donors (Lipinski definition) is 3. The molecule has 0 heterocycles. The summed E-state index contributed by atoms with van der Waals surface area (Å²) >= 11 is 11.8. The molecule has 0 aliphatic heterocycles. The fourth-order valence-electron chi connectivity index (χ4n) is 1.69. The maximum Gasteiger partial charge on any atom is 0.337 e. The number of carbonyl (C=O) groups is 2. The highest BCUT2D eigenvalue weighted by Gasteiger charge is 2.17. The van der Waals surface area contributed by atoms with E-state index in [1.54, 1.807) is 6.07 Å². The second-order valence-electron chi connectivity index (χ2n) is 4.09. The van der Waals surface area contributed by atoms with E-state index in [1.807, 2.05) is 0 Å². The molecule has 0 aromatic heterocycles. The van der Waals surface area contributed by atoms with Gasteiger partial charge in [0.2, 0.25) is 0 Å². The van der Waals surface area contributed by atoms with Crippen LogP contribution in [0.5, 0.6) is 5.75 Å². The Morgan fingerprint density at radius 2 is 1.76 bits per heavy atom. The number of nitrogens with one attached hydrogen (secondary N) is 1. The molecule has 1 amide bonds. The minimum Gasteiger partial charge on any atom is -0.508 e. The highest BCUT2D eigenvalue weighted by atomic mass is 35.5. The van der Waals surface area contributed by atoms with Gasteiger partial charge in [0.25, 0.3) is 5.91 Å². The van der Waals surface area contributed by atoms with Crippen molar-refractivity contribution in [1.29, 1.82) is 0 Å². The molecular weight excluding hydrogens is 317 g/mol. The van der Waals surface area contributed by atoms with Gasteiger partial charge in [0.05, 0.1) is 26.9 Å². The van der Waals surface area contributed by atoms with E-state index in [9.17, 15) is 14.7 Å². The quantitative estimate of drug-likeness (QED) is 0.752.